The van der Waals surface area contributed by atoms with Crippen LogP contribution in [0.15, 0.2) is 42.5 Å². The number of ether oxygens (including phenoxy) is 1. The van der Waals surface area contributed by atoms with Gasteiger partial charge in [-0.1, -0.05) is 12.1 Å². The van der Waals surface area contributed by atoms with Crippen LogP contribution in [0, 0.1) is 11.6 Å². The standard InChI is InChI=1S/C17H17F2NO3/c1-11(23-15-4-2-3-14(18)8-15)17(22)20-9-12-5-6-16(19)13(7-12)10-21/h2-8,11,21H,9-10H2,1H3,(H,20,22). The molecule has 0 saturated heterocycles. The molecule has 4 nitrogen and oxygen atoms in total. The first-order valence-electron chi connectivity index (χ1n) is 7.07. The van der Waals surface area contributed by atoms with E-state index >= 15 is 0 Å². The predicted octanol–water partition coefficient (Wildman–Crippen LogP) is 2.54. The van der Waals surface area contributed by atoms with Crippen LogP contribution >= 0.6 is 0 Å². The Bertz CT molecular complexity index is 691. The molecule has 122 valence electrons. The van der Waals surface area contributed by atoms with Crippen molar-refractivity contribution in [1.29, 1.82) is 0 Å². The maximum absolute atomic E-state index is 13.3. The zero-order chi connectivity index (χ0) is 16.8. The van der Waals surface area contributed by atoms with Gasteiger partial charge < -0.3 is 15.2 Å². The SMILES string of the molecule is CC(Oc1cccc(F)c1)C(=O)NCc1ccc(F)c(CO)c1. The summed E-state index contributed by atoms with van der Waals surface area (Å²) in [5.74, 6) is -1.07. The maximum atomic E-state index is 13.3. The molecule has 23 heavy (non-hydrogen) atoms. The quantitative estimate of drug-likeness (QED) is 0.859. The Morgan fingerprint density at radius 3 is 2.74 bits per heavy atom. The van der Waals surface area contributed by atoms with Gasteiger partial charge in [-0.2, -0.15) is 0 Å². The van der Waals surface area contributed by atoms with Crippen molar-refractivity contribution < 1.29 is 23.4 Å². The minimum Gasteiger partial charge on any atom is -0.481 e. The summed E-state index contributed by atoms with van der Waals surface area (Å²) in [6, 6.07) is 9.76. The van der Waals surface area contributed by atoms with Gasteiger partial charge in [0, 0.05) is 18.2 Å². The first-order valence-corrected chi connectivity index (χ1v) is 7.07. The molecule has 2 aromatic rings. The van der Waals surface area contributed by atoms with Crippen LogP contribution in [0.3, 0.4) is 0 Å². The highest BCUT2D eigenvalue weighted by molar-refractivity contribution is 5.80. The lowest BCUT2D eigenvalue weighted by molar-refractivity contribution is -0.127. The van der Waals surface area contributed by atoms with Crippen molar-refractivity contribution >= 4 is 5.91 Å². The molecule has 2 N–H and O–H groups in total. The topological polar surface area (TPSA) is 58.6 Å². The van der Waals surface area contributed by atoms with Crippen molar-refractivity contribution in [2.75, 3.05) is 0 Å². The van der Waals surface area contributed by atoms with E-state index in [9.17, 15) is 13.6 Å². The van der Waals surface area contributed by atoms with Crippen LogP contribution in [0.25, 0.3) is 0 Å². The van der Waals surface area contributed by atoms with E-state index in [4.69, 9.17) is 9.84 Å². The summed E-state index contributed by atoms with van der Waals surface area (Å²) in [4.78, 5) is 12.0. The third-order valence-corrected chi connectivity index (χ3v) is 3.23. The van der Waals surface area contributed by atoms with Crippen molar-refractivity contribution in [3.63, 3.8) is 0 Å². The molecule has 2 rings (SSSR count). The molecule has 6 heteroatoms. The molecule has 0 radical (unpaired) electrons. The highest BCUT2D eigenvalue weighted by atomic mass is 19.1. The largest absolute Gasteiger partial charge is 0.481 e. The van der Waals surface area contributed by atoms with Gasteiger partial charge in [0.2, 0.25) is 0 Å². The first-order chi connectivity index (χ1) is 11.0. The monoisotopic (exact) mass is 321 g/mol. The number of nitrogens with one attached hydrogen (secondary N) is 1. The Morgan fingerprint density at radius 1 is 1.26 bits per heavy atom. The second-order valence-corrected chi connectivity index (χ2v) is 5.02. The third kappa shape index (κ3) is 4.75. The van der Waals surface area contributed by atoms with Gasteiger partial charge in [-0.15, -0.1) is 0 Å². The number of amides is 1. The van der Waals surface area contributed by atoms with Crippen LogP contribution in [-0.2, 0) is 17.9 Å². The minimum absolute atomic E-state index is 0.167. The van der Waals surface area contributed by atoms with Crippen LogP contribution < -0.4 is 10.1 Å². The lowest BCUT2D eigenvalue weighted by Crippen LogP contribution is -2.35. The van der Waals surface area contributed by atoms with E-state index in [1.54, 1.807) is 13.0 Å². The summed E-state index contributed by atoms with van der Waals surface area (Å²) < 4.78 is 31.7. The second-order valence-electron chi connectivity index (χ2n) is 5.02. The van der Waals surface area contributed by atoms with Crippen LogP contribution in [-0.4, -0.2) is 17.1 Å². The molecular formula is C17H17F2NO3. The Hall–Kier alpha value is -2.47. The Labute approximate surface area is 132 Å². The number of aliphatic hydroxyl groups excluding tert-OH is 1. The van der Waals surface area contributed by atoms with Crippen molar-refractivity contribution in [1.82, 2.24) is 5.32 Å². The number of hydrogen-bond acceptors (Lipinski definition) is 3. The molecule has 1 amide bonds. The van der Waals surface area contributed by atoms with Gasteiger partial charge in [0.15, 0.2) is 6.10 Å². The smallest absolute Gasteiger partial charge is 0.261 e. The number of carbonyl (C=O) groups excluding carboxylic acids is 1. The molecule has 2 aromatic carbocycles. The molecule has 0 bridgehead atoms. The molecule has 0 saturated carbocycles. The fourth-order valence-corrected chi connectivity index (χ4v) is 1.99. The Kier molecular flexibility index (Phi) is 5.65. The van der Waals surface area contributed by atoms with E-state index in [0.29, 0.717) is 5.56 Å². The van der Waals surface area contributed by atoms with Crippen molar-refractivity contribution in [2.45, 2.75) is 26.2 Å². The van der Waals surface area contributed by atoms with E-state index in [-0.39, 0.29) is 23.8 Å². The van der Waals surface area contributed by atoms with E-state index in [1.165, 1.54) is 36.4 Å². The summed E-state index contributed by atoms with van der Waals surface area (Å²) in [6.07, 6.45) is -0.811. The fraction of sp³-hybridized carbons (Fsp3) is 0.235. The average Bonchev–Trinajstić information content (AvgIpc) is 2.53. The highest BCUT2D eigenvalue weighted by Crippen LogP contribution is 2.14. The van der Waals surface area contributed by atoms with Gasteiger partial charge in [0.25, 0.3) is 5.91 Å². The number of hydrogen-bond donors (Lipinski definition) is 2. The second kappa shape index (κ2) is 7.69. The number of aliphatic hydroxyl groups is 1. The normalized spacial score (nSPS) is 11.8. The molecule has 0 heterocycles. The van der Waals surface area contributed by atoms with Gasteiger partial charge in [-0.25, -0.2) is 8.78 Å². The summed E-state index contributed by atoms with van der Waals surface area (Å²) in [6.45, 7) is 1.31. The number of halogens is 2. The van der Waals surface area contributed by atoms with Crippen molar-refractivity contribution in [2.24, 2.45) is 0 Å². The Balaban J connectivity index is 1.91. The zero-order valence-corrected chi connectivity index (χ0v) is 12.6. The maximum Gasteiger partial charge on any atom is 0.261 e. The fourth-order valence-electron chi connectivity index (χ4n) is 1.99. The summed E-state index contributed by atoms with van der Waals surface area (Å²) >= 11 is 0. The number of rotatable bonds is 6. The average molecular weight is 321 g/mol. The van der Waals surface area contributed by atoms with Gasteiger partial charge in [-0.3, -0.25) is 4.79 Å². The van der Waals surface area contributed by atoms with Crippen molar-refractivity contribution in [3.05, 3.63) is 65.2 Å². The van der Waals surface area contributed by atoms with Gasteiger partial charge in [0.05, 0.1) is 6.61 Å². The predicted molar refractivity (Wildman–Crippen MR) is 80.7 cm³/mol. The minimum atomic E-state index is -0.811. The molecule has 0 aliphatic heterocycles. The molecule has 0 aliphatic rings. The highest BCUT2D eigenvalue weighted by Gasteiger charge is 2.14. The summed E-state index contributed by atoms with van der Waals surface area (Å²) in [7, 11) is 0. The molecule has 1 atom stereocenters. The molecule has 0 spiro atoms. The summed E-state index contributed by atoms with van der Waals surface area (Å²) in [5.41, 5.74) is 0.822. The molecule has 0 fully saturated rings. The number of benzene rings is 2. The Morgan fingerprint density at radius 2 is 2.04 bits per heavy atom. The van der Waals surface area contributed by atoms with E-state index in [1.807, 2.05) is 0 Å². The van der Waals surface area contributed by atoms with Crippen molar-refractivity contribution in [3.8, 4) is 5.75 Å². The lowest BCUT2D eigenvalue weighted by Gasteiger charge is -2.15. The lowest BCUT2D eigenvalue weighted by atomic mass is 10.1. The van der Waals surface area contributed by atoms with E-state index < -0.39 is 24.3 Å². The first kappa shape index (κ1) is 16.9. The van der Waals surface area contributed by atoms with Crippen LogP contribution in [0.1, 0.15) is 18.1 Å². The zero-order valence-electron chi connectivity index (χ0n) is 12.6. The molecular weight excluding hydrogens is 304 g/mol. The number of carbonyl (C=O) groups is 1. The van der Waals surface area contributed by atoms with E-state index in [2.05, 4.69) is 5.32 Å². The van der Waals surface area contributed by atoms with E-state index in [0.717, 1.165) is 0 Å². The molecule has 0 aliphatic carbocycles. The molecule has 1 unspecified atom stereocenters. The molecule has 0 aromatic heterocycles. The van der Waals surface area contributed by atoms with Gasteiger partial charge in [-0.05, 0) is 36.8 Å². The van der Waals surface area contributed by atoms with Crippen LogP contribution in [0.2, 0.25) is 0 Å². The third-order valence-electron chi connectivity index (χ3n) is 3.23. The van der Waals surface area contributed by atoms with Crippen LogP contribution in [0.4, 0.5) is 8.78 Å². The van der Waals surface area contributed by atoms with Gasteiger partial charge >= 0.3 is 0 Å². The van der Waals surface area contributed by atoms with Gasteiger partial charge in [0.1, 0.15) is 17.4 Å². The van der Waals surface area contributed by atoms with Crippen LogP contribution in [0.5, 0.6) is 5.75 Å². The summed E-state index contributed by atoms with van der Waals surface area (Å²) in [5, 5.41) is 11.7.